The van der Waals surface area contributed by atoms with E-state index in [1.54, 1.807) is 24.5 Å². The lowest BCUT2D eigenvalue weighted by atomic mass is 9.96. The van der Waals surface area contributed by atoms with Crippen LogP contribution in [0.2, 0.25) is 0 Å². The number of aryl methyl sites for hydroxylation is 1. The van der Waals surface area contributed by atoms with E-state index in [0.717, 1.165) is 28.6 Å². The fourth-order valence-corrected chi connectivity index (χ4v) is 6.71. The second-order valence-electron chi connectivity index (χ2n) is 10.0. The highest BCUT2D eigenvalue weighted by atomic mass is 32.1. The zero-order valence-corrected chi connectivity index (χ0v) is 24.6. The number of hydrogen-bond donors (Lipinski definition) is 0. The van der Waals surface area contributed by atoms with Gasteiger partial charge in [0.2, 0.25) is 0 Å². The predicted molar refractivity (Wildman–Crippen MR) is 168 cm³/mol. The van der Waals surface area contributed by atoms with Crippen molar-refractivity contribution in [3.63, 3.8) is 0 Å². The molecule has 0 radical (unpaired) electrons. The van der Waals surface area contributed by atoms with E-state index in [1.807, 2.05) is 42.5 Å². The van der Waals surface area contributed by atoms with Gasteiger partial charge in [-0.05, 0) is 68.3 Å². The molecule has 3 heterocycles. The third kappa shape index (κ3) is 4.67. The van der Waals surface area contributed by atoms with Crippen molar-refractivity contribution < 1.29 is 14.3 Å². The van der Waals surface area contributed by atoms with Gasteiger partial charge in [-0.15, -0.1) is 0 Å². The fourth-order valence-electron chi connectivity index (χ4n) is 5.66. The zero-order chi connectivity index (χ0) is 29.4. The summed E-state index contributed by atoms with van der Waals surface area (Å²) >= 11 is 1.32. The van der Waals surface area contributed by atoms with Gasteiger partial charge in [0.25, 0.3) is 5.56 Å². The Morgan fingerprint density at radius 2 is 1.81 bits per heavy atom. The van der Waals surface area contributed by atoms with Gasteiger partial charge in [-0.3, -0.25) is 9.36 Å². The Morgan fingerprint density at radius 3 is 2.55 bits per heavy atom. The molecule has 2 aromatic heterocycles. The Kier molecular flexibility index (Phi) is 7.39. The number of ether oxygens (including phenoxy) is 2. The minimum atomic E-state index is -0.680. The number of fused-ring (bicyclic) bond motifs is 4. The molecule has 6 rings (SSSR count). The predicted octanol–water partition coefficient (Wildman–Crippen LogP) is 5.49. The number of para-hydroxylation sites is 1. The average Bonchev–Trinajstić information content (AvgIpc) is 3.48. The van der Waals surface area contributed by atoms with E-state index in [9.17, 15) is 9.59 Å². The maximum absolute atomic E-state index is 14.0. The molecule has 3 aromatic carbocycles. The molecule has 0 fully saturated rings. The summed E-state index contributed by atoms with van der Waals surface area (Å²) < 4.78 is 15.5. The summed E-state index contributed by atoms with van der Waals surface area (Å²) in [4.78, 5) is 32.5. The highest BCUT2D eigenvalue weighted by molar-refractivity contribution is 7.07. The SMILES string of the molecule is C=CCOc1ccc([C@@H]2C(C(=O)OCC)=C(C)N=c3s/c(=C/c4ccc5c(c4)c4ccccc4n5CC)c(=O)n32)cc1. The molecule has 0 unspecified atom stereocenters. The first-order valence-electron chi connectivity index (χ1n) is 14.0. The van der Waals surface area contributed by atoms with Crippen LogP contribution in [0.5, 0.6) is 5.75 Å². The third-order valence-corrected chi connectivity index (χ3v) is 8.47. The van der Waals surface area contributed by atoms with Crippen molar-refractivity contribution >= 4 is 45.2 Å². The second-order valence-corrected chi connectivity index (χ2v) is 11.0. The number of benzene rings is 3. The summed E-state index contributed by atoms with van der Waals surface area (Å²) in [5, 5.41) is 2.33. The monoisotopic (exact) mass is 577 g/mol. The molecule has 5 aromatic rings. The molecule has 0 amide bonds. The van der Waals surface area contributed by atoms with Gasteiger partial charge in [0.1, 0.15) is 12.4 Å². The fraction of sp³-hybridized carbons (Fsp3) is 0.206. The van der Waals surface area contributed by atoms with Crippen molar-refractivity contribution in [3.05, 3.63) is 121 Å². The number of nitrogens with zero attached hydrogens (tertiary/aromatic N) is 3. The lowest BCUT2D eigenvalue weighted by Gasteiger charge is -2.24. The van der Waals surface area contributed by atoms with E-state index in [0.29, 0.717) is 33.0 Å². The van der Waals surface area contributed by atoms with E-state index in [-0.39, 0.29) is 12.2 Å². The molecule has 1 atom stereocenters. The number of aromatic nitrogens is 2. The smallest absolute Gasteiger partial charge is 0.338 e. The van der Waals surface area contributed by atoms with Crippen molar-refractivity contribution in [2.45, 2.75) is 33.4 Å². The largest absolute Gasteiger partial charge is 0.490 e. The number of esters is 1. The molecule has 0 saturated carbocycles. The molecule has 7 nitrogen and oxygen atoms in total. The summed E-state index contributed by atoms with van der Waals surface area (Å²) in [6.07, 6.45) is 3.59. The minimum Gasteiger partial charge on any atom is -0.490 e. The molecule has 0 bridgehead atoms. The Labute approximate surface area is 247 Å². The topological polar surface area (TPSA) is 74.8 Å². The Hall–Kier alpha value is -4.69. The highest BCUT2D eigenvalue weighted by Crippen LogP contribution is 2.32. The number of rotatable bonds is 8. The van der Waals surface area contributed by atoms with Crippen LogP contribution in [-0.4, -0.2) is 28.3 Å². The van der Waals surface area contributed by atoms with Crippen LogP contribution in [0.4, 0.5) is 0 Å². The molecule has 212 valence electrons. The second kappa shape index (κ2) is 11.3. The maximum Gasteiger partial charge on any atom is 0.338 e. The lowest BCUT2D eigenvalue weighted by molar-refractivity contribution is -0.139. The first-order chi connectivity index (χ1) is 20.4. The van der Waals surface area contributed by atoms with Crippen molar-refractivity contribution in [1.29, 1.82) is 0 Å². The molecule has 8 heteroatoms. The number of hydrogen-bond acceptors (Lipinski definition) is 6. The number of carbonyl (C=O) groups is 1. The average molecular weight is 578 g/mol. The van der Waals surface area contributed by atoms with Crippen LogP contribution in [0.25, 0.3) is 27.9 Å². The summed E-state index contributed by atoms with van der Waals surface area (Å²) in [6, 6.07) is 21.4. The van der Waals surface area contributed by atoms with Gasteiger partial charge >= 0.3 is 5.97 Å². The molecule has 0 spiro atoms. The molecule has 1 aliphatic rings. The first kappa shape index (κ1) is 27.5. The Morgan fingerprint density at radius 1 is 1.05 bits per heavy atom. The van der Waals surface area contributed by atoms with E-state index in [1.165, 1.54) is 22.2 Å². The van der Waals surface area contributed by atoms with Crippen molar-refractivity contribution in [2.24, 2.45) is 4.99 Å². The zero-order valence-electron chi connectivity index (χ0n) is 23.8. The third-order valence-electron chi connectivity index (χ3n) is 7.49. The summed E-state index contributed by atoms with van der Waals surface area (Å²) in [5.74, 6) is 0.187. The molecular formula is C34H31N3O4S. The standard InChI is InChI=1S/C34H31N3O4S/c1-5-18-41-24-15-13-23(14-16-24)31-30(33(39)40-7-3)21(4)35-34-37(31)32(38)29(42-34)20-22-12-17-28-26(19-22)25-10-8-9-11-27(25)36(28)6-2/h5,8-17,19-20,31H,1,6-7,18H2,2-4H3/b29-20+/t31-/m1/s1. The van der Waals surface area contributed by atoms with Crippen LogP contribution >= 0.6 is 11.3 Å². The van der Waals surface area contributed by atoms with Gasteiger partial charge in [-0.2, -0.15) is 0 Å². The molecule has 0 saturated heterocycles. The van der Waals surface area contributed by atoms with E-state index in [2.05, 4.69) is 48.4 Å². The van der Waals surface area contributed by atoms with Gasteiger partial charge in [-0.1, -0.05) is 60.4 Å². The van der Waals surface area contributed by atoms with Crippen LogP contribution < -0.4 is 19.6 Å². The Bertz CT molecular complexity index is 2060. The molecular weight excluding hydrogens is 546 g/mol. The maximum atomic E-state index is 14.0. The van der Waals surface area contributed by atoms with Gasteiger partial charge < -0.3 is 14.0 Å². The van der Waals surface area contributed by atoms with Crippen molar-refractivity contribution in [1.82, 2.24) is 9.13 Å². The molecule has 0 aliphatic carbocycles. The number of thiazole rings is 1. The van der Waals surface area contributed by atoms with Gasteiger partial charge in [-0.25, -0.2) is 9.79 Å². The molecule has 0 N–H and O–H groups in total. The lowest BCUT2D eigenvalue weighted by Crippen LogP contribution is -2.39. The van der Waals surface area contributed by atoms with Crippen LogP contribution in [0, 0.1) is 0 Å². The summed E-state index contributed by atoms with van der Waals surface area (Å²) in [6.45, 7) is 10.9. The first-order valence-corrected chi connectivity index (χ1v) is 14.8. The van der Waals surface area contributed by atoms with Crippen molar-refractivity contribution in [3.8, 4) is 5.75 Å². The summed E-state index contributed by atoms with van der Waals surface area (Å²) in [7, 11) is 0. The number of allylic oxidation sites excluding steroid dienone is 1. The van der Waals surface area contributed by atoms with Crippen LogP contribution in [-0.2, 0) is 16.1 Å². The molecule has 42 heavy (non-hydrogen) atoms. The Balaban J connectivity index is 1.50. The van der Waals surface area contributed by atoms with Crippen LogP contribution in [0.1, 0.15) is 37.9 Å². The minimum absolute atomic E-state index is 0.207. The van der Waals surface area contributed by atoms with Crippen LogP contribution in [0.3, 0.4) is 0 Å². The molecule has 1 aliphatic heterocycles. The van der Waals surface area contributed by atoms with E-state index >= 15 is 0 Å². The highest BCUT2D eigenvalue weighted by Gasteiger charge is 2.33. The van der Waals surface area contributed by atoms with Gasteiger partial charge in [0.05, 0.1) is 28.5 Å². The van der Waals surface area contributed by atoms with Crippen LogP contribution in [0.15, 0.2) is 100 Å². The van der Waals surface area contributed by atoms with Crippen molar-refractivity contribution in [2.75, 3.05) is 13.2 Å². The quantitative estimate of drug-likeness (QED) is 0.181. The van der Waals surface area contributed by atoms with Gasteiger partial charge in [0, 0.05) is 28.4 Å². The normalized spacial score (nSPS) is 15.1. The van der Waals surface area contributed by atoms with Gasteiger partial charge in [0.15, 0.2) is 4.80 Å². The summed E-state index contributed by atoms with van der Waals surface area (Å²) in [5.41, 5.74) is 4.72. The van der Waals surface area contributed by atoms with E-state index in [4.69, 9.17) is 14.5 Å². The number of carbonyl (C=O) groups excluding carboxylic acids is 1. The van der Waals surface area contributed by atoms with E-state index < -0.39 is 12.0 Å².